The van der Waals surface area contributed by atoms with Crippen LogP contribution in [0.2, 0.25) is 0 Å². The lowest BCUT2D eigenvalue weighted by molar-refractivity contribution is 0.466. The largest absolute Gasteiger partial charge is 0.458 e. The summed E-state index contributed by atoms with van der Waals surface area (Å²) < 4.78 is 13.5. The summed E-state index contributed by atoms with van der Waals surface area (Å²) in [6, 6.07) is 45.1. The van der Waals surface area contributed by atoms with E-state index >= 15 is 0 Å². The SMILES string of the molecule is Cc1ccccc1-c1ccc2c(c1)Oc1c(-c3ccccc3C)ccc3c1B2c1cc(-c2ccccc2)ccc1O3. The molecule has 0 N–H and O–H groups in total. The minimum Gasteiger partial charge on any atom is -0.458 e. The van der Waals surface area contributed by atoms with E-state index in [2.05, 4.69) is 141 Å². The Morgan fingerprint density at radius 3 is 1.90 bits per heavy atom. The van der Waals surface area contributed by atoms with Crippen molar-refractivity contribution >= 4 is 23.1 Å². The van der Waals surface area contributed by atoms with E-state index < -0.39 is 0 Å². The van der Waals surface area contributed by atoms with E-state index in [-0.39, 0.29) is 6.71 Å². The second kappa shape index (κ2) is 9.28. The summed E-state index contributed by atoms with van der Waals surface area (Å²) >= 11 is 0. The molecule has 0 saturated carbocycles. The van der Waals surface area contributed by atoms with Gasteiger partial charge in [-0.15, -0.1) is 0 Å². The molecule has 0 amide bonds. The Hall–Kier alpha value is -5.02. The van der Waals surface area contributed by atoms with Gasteiger partial charge in [-0.1, -0.05) is 103 Å². The predicted molar refractivity (Wildman–Crippen MR) is 170 cm³/mol. The fourth-order valence-corrected chi connectivity index (χ4v) is 6.45. The third kappa shape index (κ3) is 3.81. The number of benzene rings is 6. The van der Waals surface area contributed by atoms with Crippen LogP contribution in [0.25, 0.3) is 33.4 Å². The summed E-state index contributed by atoms with van der Waals surface area (Å²) in [6.45, 7) is 4.31. The van der Waals surface area contributed by atoms with Crippen LogP contribution in [0.5, 0.6) is 23.0 Å². The van der Waals surface area contributed by atoms with Crippen LogP contribution in [0.15, 0.2) is 127 Å². The summed E-state index contributed by atoms with van der Waals surface area (Å²) in [5.74, 6) is 3.53. The molecule has 2 heterocycles. The molecule has 0 radical (unpaired) electrons. The Morgan fingerprint density at radius 1 is 0.439 bits per heavy atom. The molecule has 0 spiro atoms. The lowest BCUT2D eigenvalue weighted by Crippen LogP contribution is -2.57. The van der Waals surface area contributed by atoms with Gasteiger partial charge < -0.3 is 9.47 Å². The molecular formula is C38H27BO2. The molecule has 0 saturated heterocycles. The van der Waals surface area contributed by atoms with Gasteiger partial charge in [0.05, 0.1) is 0 Å². The topological polar surface area (TPSA) is 18.5 Å². The average molecular weight is 526 g/mol. The Labute approximate surface area is 240 Å². The first-order chi connectivity index (χ1) is 20.2. The summed E-state index contributed by atoms with van der Waals surface area (Å²) in [5, 5.41) is 0. The van der Waals surface area contributed by atoms with Crippen LogP contribution in [0.1, 0.15) is 11.1 Å². The van der Waals surface area contributed by atoms with E-state index in [1.54, 1.807) is 0 Å². The van der Waals surface area contributed by atoms with Gasteiger partial charge in [0.25, 0.3) is 6.71 Å². The van der Waals surface area contributed by atoms with Crippen LogP contribution in [0, 0.1) is 13.8 Å². The van der Waals surface area contributed by atoms with Gasteiger partial charge in [-0.05, 0) is 88.0 Å². The molecule has 0 unspecified atom stereocenters. The van der Waals surface area contributed by atoms with Gasteiger partial charge in [-0.3, -0.25) is 0 Å². The Morgan fingerprint density at radius 2 is 1.12 bits per heavy atom. The molecule has 6 aromatic carbocycles. The van der Waals surface area contributed by atoms with Crippen LogP contribution in [0.3, 0.4) is 0 Å². The van der Waals surface area contributed by atoms with Crippen LogP contribution in [-0.2, 0) is 0 Å². The molecule has 2 aliphatic rings. The zero-order chi connectivity index (χ0) is 27.5. The van der Waals surface area contributed by atoms with Gasteiger partial charge in [0.1, 0.15) is 23.0 Å². The lowest BCUT2D eigenvalue weighted by atomic mass is 9.34. The van der Waals surface area contributed by atoms with Crippen molar-refractivity contribution < 1.29 is 9.47 Å². The standard InChI is InChI=1S/C38H27BO2/c1-24-10-6-8-14-29(24)28-16-19-32-36(23-28)41-38-31(30-15-9-7-11-25(30)2)18-21-35-37(38)39(32)33-22-27(17-20-34(33)40-35)26-12-4-3-5-13-26/h3-23H,1-2H3. The monoisotopic (exact) mass is 526 g/mol. The molecule has 2 aliphatic heterocycles. The number of fused-ring (bicyclic) bond motifs is 4. The molecule has 3 heteroatoms. The third-order valence-corrected chi connectivity index (χ3v) is 8.52. The van der Waals surface area contributed by atoms with E-state index in [1.807, 2.05) is 0 Å². The summed E-state index contributed by atoms with van der Waals surface area (Å²) in [5.41, 5.74) is 12.9. The molecule has 194 valence electrons. The van der Waals surface area contributed by atoms with Gasteiger partial charge >= 0.3 is 0 Å². The number of hydrogen-bond donors (Lipinski definition) is 0. The van der Waals surface area contributed by atoms with Crippen molar-refractivity contribution in [2.75, 3.05) is 0 Å². The molecule has 0 aromatic heterocycles. The van der Waals surface area contributed by atoms with Gasteiger partial charge in [-0.25, -0.2) is 0 Å². The lowest BCUT2D eigenvalue weighted by Gasteiger charge is -2.34. The van der Waals surface area contributed by atoms with Crippen molar-refractivity contribution in [2.24, 2.45) is 0 Å². The molecule has 0 bridgehead atoms. The van der Waals surface area contributed by atoms with Gasteiger partial charge in [0.2, 0.25) is 0 Å². The normalized spacial score (nSPS) is 12.5. The fourth-order valence-electron chi connectivity index (χ4n) is 6.45. The Bertz CT molecular complexity index is 1980. The van der Waals surface area contributed by atoms with Crippen molar-refractivity contribution in [1.29, 1.82) is 0 Å². The second-order valence-electron chi connectivity index (χ2n) is 11.0. The minimum atomic E-state index is -0.00829. The smallest absolute Gasteiger partial charge is 0.260 e. The highest BCUT2D eigenvalue weighted by molar-refractivity contribution is 6.98. The Balaban J connectivity index is 1.38. The molecule has 0 aliphatic carbocycles. The van der Waals surface area contributed by atoms with Crippen molar-refractivity contribution in [1.82, 2.24) is 0 Å². The molecular weight excluding hydrogens is 499 g/mol. The van der Waals surface area contributed by atoms with Crippen molar-refractivity contribution in [3.63, 3.8) is 0 Å². The first kappa shape index (κ1) is 23.8. The van der Waals surface area contributed by atoms with Crippen LogP contribution in [-0.4, -0.2) is 6.71 Å². The van der Waals surface area contributed by atoms with Crippen molar-refractivity contribution in [3.05, 3.63) is 139 Å². The highest BCUT2D eigenvalue weighted by atomic mass is 16.5. The summed E-state index contributed by atoms with van der Waals surface area (Å²) in [7, 11) is 0. The van der Waals surface area contributed by atoms with Crippen LogP contribution < -0.4 is 25.9 Å². The van der Waals surface area contributed by atoms with E-state index in [9.17, 15) is 0 Å². The predicted octanol–water partition coefficient (Wildman–Crippen LogP) is 8.03. The van der Waals surface area contributed by atoms with Crippen molar-refractivity contribution in [2.45, 2.75) is 13.8 Å². The van der Waals surface area contributed by atoms with E-state index in [0.717, 1.165) is 50.5 Å². The minimum absolute atomic E-state index is 0.00829. The van der Waals surface area contributed by atoms with Crippen LogP contribution in [0.4, 0.5) is 0 Å². The summed E-state index contributed by atoms with van der Waals surface area (Å²) in [4.78, 5) is 0. The highest BCUT2D eigenvalue weighted by Crippen LogP contribution is 2.42. The van der Waals surface area contributed by atoms with E-state index in [1.165, 1.54) is 33.4 Å². The van der Waals surface area contributed by atoms with Gasteiger partial charge in [0.15, 0.2) is 0 Å². The zero-order valence-electron chi connectivity index (χ0n) is 23.0. The maximum Gasteiger partial charge on any atom is 0.260 e. The quantitative estimate of drug-likeness (QED) is 0.217. The van der Waals surface area contributed by atoms with Gasteiger partial charge in [-0.2, -0.15) is 0 Å². The number of ether oxygens (including phenoxy) is 2. The van der Waals surface area contributed by atoms with E-state index in [0.29, 0.717) is 0 Å². The molecule has 2 nitrogen and oxygen atoms in total. The third-order valence-electron chi connectivity index (χ3n) is 8.52. The molecule has 0 fully saturated rings. The molecule has 41 heavy (non-hydrogen) atoms. The van der Waals surface area contributed by atoms with Crippen molar-refractivity contribution in [3.8, 4) is 56.4 Å². The first-order valence-corrected chi connectivity index (χ1v) is 14.1. The van der Waals surface area contributed by atoms with Crippen LogP contribution >= 0.6 is 0 Å². The maximum absolute atomic E-state index is 6.92. The average Bonchev–Trinajstić information content (AvgIpc) is 3.01. The van der Waals surface area contributed by atoms with Gasteiger partial charge in [0, 0.05) is 11.0 Å². The number of rotatable bonds is 3. The second-order valence-corrected chi connectivity index (χ2v) is 11.0. The maximum atomic E-state index is 6.92. The molecule has 6 aromatic rings. The molecule has 8 rings (SSSR count). The fraction of sp³-hybridized carbons (Fsp3) is 0.0526. The number of aryl methyl sites for hydroxylation is 2. The van der Waals surface area contributed by atoms with E-state index in [4.69, 9.17) is 9.47 Å². The Kier molecular flexibility index (Phi) is 5.40. The number of hydrogen-bond acceptors (Lipinski definition) is 2. The molecule has 0 atom stereocenters. The zero-order valence-corrected chi connectivity index (χ0v) is 23.0. The first-order valence-electron chi connectivity index (χ1n) is 14.1. The highest BCUT2D eigenvalue weighted by Gasteiger charge is 2.41. The summed E-state index contributed by atoms with van der Waals surface area (Å²) in [6.07, 6.45) is 0.